The van der Waals surface area contributed by atoms with E-state index < -0.39 is 117 Å². The molecule has 9 N–H and O–H groups in total. The molecule has 5 aliphatic heterocycles. The molecule has 15 unspecified atom stereocenters. The fourth-order valence-electron chi connectivity index (χ4n) is 14.0. The predicted molar refractivity (Wildman–Crippen MR) is 214 cm³/mol. The molecule has 3 saturated carbocycles. The number of aliphatic hydroxyl groups excluding tert-OH is 9. The van der Waals surface area contributed by atoms with Crippen LogP contribution in [0.1, 0.15) is 92.4 Å². The lowest BCUT2D eigenvalue weighted by atomic mass is 9.47. The molecule has 8 fully saturated rings. The Morgan fingerprint density at radius 2 is 1.34 bits per heavy atom. The number of ether oxygens (including phenoxy) is 8. The second-order valence-electron chi connectivity index (χ2n) is 21.1. The van der Waals surface area contributed by atoms with Crippen LogP contribution in [-0.2, 0) is 37.9 Å². The Kier molecular flexibility index (Phi) is 12.9. The van der Waals surface area contributed by atoms with E-state index in [0.717, 1.165) is 51.6 Å². The highest BCUT2D eigenvalue weighted by molar-refractivity contribution is 5.26. The summed E-state index contributed by atoms with van der Waals surface area (Å²) in [5.74, 6) is 2.52. The van der Waals surface area contributed by atoms with Crippen LogP contribution < -0.4 is 0 Å². The van der Waals surface area contributed by atoms with Crippen LogP contribution in [0, 0.1) is 46.3 Å². The summed E-state index contributed by atoms with van der Waals surface area (Å²) in [5, 5.41) is 95.8. The molecule has 5 saturated heterocycles. The topological polar surface area (TPSA) is 256 Å². The third-order valence-corrected chi connectivity index (χ3v) is 17.7. The van der Waals surface area contributed by atoms with Crippen LogP contribution in [0.2, 0.25) is 0 Å². The normalized spacial score (nSPS) is 57.6. The molecule has 5 heterocycles. The van der Waals surface area contributed by atoms with Gasteiger partial charge in [0.1, 0.15) is 67.1 Å². The summed E-state index contributed by atoms with van der Waals surface area (Å²) >= 11 is 0. The highest BCUT2D eigenvalue weighted by atomic mass is 16.8. The number of hydrogen-bond donors (Lipinski definition) is 9. The molecule has 17 heteroatoms. The first-order valence-electron chi connectivity index (χ1n) is 23.4. The molecule has 1 spiro atoms. The third kappa shape index (κ3) is 7.49. The van der Waals surface area contributed by atoms with E-state index in [1.807, 2.05) is 0 Å². The third-order valence-electron chi connectivity index (χ3n) is 17.7. The van der Waals surface area contributed by atoms with Gasteiger partial charge in [0, 0.05) is 12.3 Å². The van der Waals surface area contributed by atoms with Gasteiger partial charge in [0.25, 0.3) is 0 Å². The van der Waals surface area contributed by atoms with E-state index in [0.29, 0.717) is 48.3 Å². The molecule has 0 aromatic heterocycles. The maximum absolute atomic E-state index is 11.6. The van der Waals surface area contributed by atoms with Crippen LogP contribution in [0.4, 0.5) is 0 Å². The lowest BCUT2D eigenvalue weighted by Crippen LogP contribution is -2.67. The van der Waals surface area contributed by atoms with Gasteiger partial charge >= 0.3 is 0 Å². The summed E-state index contributed by atoms with van der Waals surface area (Å²) in [6.45, 7) is 10.4. The first kappa shape index (κ1) is 46.2. The summed E-state index contributed by atoms with van der Waals surface area (Å²) in [7, 11) is 0. The zero-order valence-corrected chi connectivity index (χ0v) is 36.6. The molecular formula is C45H72O17. The van der Waals surface area contributed by atoms with E-state index in [-0.39, 0.29) is 16.9 Å². The van der Waals surface area contributed by atoms with Crippen molar-refractivity contribution in [1.29, 1.82) is 0 Å². The minimum atomic E-state index is -1.84. The van der Waals surface area contributed by atoms with Crippen LogP contribution >= 0.6 is 0 Å². The van der Waals surface area contributed by atoms with Gasteiger partial charge in [-0.15, -0.1) is 0 Å². The minimum absolute atomic E-state index is 0.0484. The van der Waals surface area contributed by atoms with Crippen molar-refractivity contribution in [3.05, 3.63) is 11.6 Å². The number of hydrogen-bond acceptors (Lipinski definition) is 17. The highest BCUT2D eigenvalue weighted by Crippen LogP contribution is 2.70. The molecule has 0 radical (unpaired) electrons. The fraction of sp³-hybridized carbons (Fsp3) is 0.956. The van der Waals surface area contributed by atoms with Crippen LogP contribution in [0.5, 0.6) is 0 Å². The van der Waals surface area contributed by atoms with E-state index in [2.05, 4.69) is 33.8 Å². The van der Waals surface area contributed by atoms with E-state index in [9.17, 15) is 46.0 Å². The van der Waals surface area contributed by atoms with Crippen molar-refractivity contribution in [2.75, 3.05) is 19.8 Å². The van der Waals surface area contributed by atoms with Crippen molar-refractivity contribution in [3.63, 3.8) is 0 Å². The van der Waals surface area contributed by atoms with Crippen LogP contribution in [0.3, 0.4) is 0 Å². The number of fused-ring (bicyclic) bond motifs is 7. The number of rotatable bonds is 8. The van der Waals surface area contributed by atoms with Gasteiger partial charge in [0.05, 0.1) is 38.1 Å². The van der Waals surface area contributed by atoms with E-state index >= 15 is 0 Å². The summed E-state index contributed by atoms with van der Waals surface area (Å²) in [4.78, 5) is 0. The van der Waals surface area contributed by atoms with Crippen molar-refractivity contribution >= 4 is 0 Å². The zero-order chi connectivity index (χ0) is 44.2. The number of allylic oxidation sites excluding steroid dienone is 1. The van der Waals surface area contributed by atoms with Crippen molar-refractivity contribution in [2.45, 2.75) is 203 Å². The van der Waals surface area contributed by atoms with Crippen molar-refractivity contribution in [2.24, 2.45) is 46.3 Å². The molecular weight excluding hydrogens is 812 g/mol. The monoisotopic (exact) mass is 884 g/mol. The predicted octanol–water partition coefficient (Wildman–Crippen LogP) is 0.214. The highest BCUT2D eigenvalue weighted by Gasteiger charge is 2.69. The summed E-state index contributed by atoms with van der Waals surface area (Å²) in [5.41, 5.74) is 1.45. The van der Waals surface area contributed by atoms with Gasteiger partial charge < -0.3 is 83.9 Å². The summed E-state index contributed by atoms with van der Waals surface area (Å²) in [6.07, 6.45) is -12.4. The van der Waals surface area contributed by atoms with E-state index in [1.54, 1.807) is 0 Å². The Bertz CT molecular complexity index is 1610. The molecule has 0 aromatic rings. The van der Waals surface area contributed by atoms with Gasteiger partial charge in [0.2, 0.25) is 0 Å². The van der Waals surface area contributed by atoms with Crippen LogP contribution in [-0.4, -0.2) is 176 Å². The average molecular weight is 885 g/mol. The van der Waals surface area contributed by atoms with Gasteiger partial charge in [-0.25, -0.2) is 0 Å². The Hall–Kier alpha value is -0.940. The standard InChI is InChI=1S/C45H72O17/c1-19-8-13-45(55-18-19)20(2)30-27(62-45)15-26-24-7-6-22-14-23(9-11-43(22,4)25(24)10-12-44(26,30)5)57-42-39(61-40-36(53)34(51)31(48)21(3)56-40)38(33(50)29(17-47)59-42)60-41-37(54)35(52)32(49)28(16-46)58-41/h6,19-21,23-42,46-54H,7-18H2,1-5H3/t19-,20+,21?,23+,24-,25+,26+,27+,28?,29?,30+,31?,32?,33?,34?,35?,36?,37?,38?,39?,40?,41?,42?,43+,44+,45-/m1/s1. The second-order valence-corrected chi connectivity index (χ2v) is 21.1. The Morgan fingerprint density at radius 3 is 2.03 bits per heavy atom. The van der Waals surface area contributed by atoms with Gasteiger partial charge in [0.15, 0.2) is 24.7 Å². The van der Waals surface area contributed by atoms with Gasteiger partial charge in [-0.05, 0) is 98.7 Å². The van der Waals surface area contributed by atoms with Gasteiger partial charge in [-0.1, -0.05) is 39.3 Å². The van der Waals surface area contributed by atoms with Gasteiger partial charge in [-0.2, -0.15) is 0 Å². The first-order chi connectivity index (χ1) is 29.4. The molecule has 4 aliphatic carbocycles. The minimum Gasteiger partial charge on any atom is -0.394 e. The van der Waals surface area contributed by atoms with E-state index in [4.69, 9.17) is 37.9 Å². The van der Waals surface area contributed by atoms with Gasteiger partial charge in [-0.3, -0.25) is 0 Å². The zero-order valence-electron chi connectivity index (χ0n) is 36.6. The lowest BCUT2D eigenvalue weighted by Gasteiger charge is -2.59. The Morgan fingerprint density at radius 1 is 0.677 bits per heavy atom. The van der Waals surface area contributed by atoms with Crippen molar-refractivity contribution in [1.82, 2.24) is 0 Å². The lowest BCUT2D eigenvalue weighted by molar-refractivity contribution is -0.394. The van der Waals surface area contributed by atoms with E-state index in [1.165, 1.54) is 12.5 Å². The van der Waals surface area contributed by atoms with Crippen molar-refractivity contribution in [3.8, 4) is 0 Å². The van der Waals surface area contributed by atoms with Crippen LogP contribution in [0.25, 0.3) is 0 Å². The quantitative estimate of drug-likeness (QED) is 0.148. The van der Waals surface area contributed by atoms with Crippen molar-refractivity contribution < 1.29 is 83.9 Å². The molecule has 0 amide bonds. The smallest absolute Gasteiger partial charge is 0.187 e. The first-order valence-corrected chi connectivity index (χ1v) is 23.4. The maximum atomic E-state index is 11.6. The second kappa shape index (κ2) is 17.3. The molecule has 62 heavy (non-hydrogen) atoms. The molecule has 0 aromatic carbocycles. The molecule has 9 rings (SSSR count). The Labute approximate surface area is 363 Å². The average Bonchev–Trinajstić information content (AvgIpc) is 3.70. The molecule has 9 aliphatic rings. The molecule has 26 atom stereocenters. The number of aliphatic hydroxyl groups is 9. The maximum Gasteiger partial charge on any atom is 0.187 e. The SMILES string of the molecule is CC1OC(OC2C(O[C@H]3CC[C@@]4(C)C(=CC[C@H]5[C@@H]6C[C@@H]7O[C@]8(CC[C@@H](C)CO8)[C@@H](C)[C@@H]7[C@@]6(C)CC[C@@H]54)C3)OC(CO)C(O)C2OC2OC(CO)C(O)C(O)C2O)C(O)C(O)C1O. The fourth-order valence-corrected chi connectivity index (χ4v) is 14.0. The largest absolute Gasteiger partial charge is 0.394 e. The molecule has 354 valence electrons. The summed E-state index contributed by atoms with van der Waals surface area (Å²) < 4.78 is 50.3. The summed E-state index contributed by atoms with van der Waals surface area (Å²) in [6, 6.07) is 0. The molecule has 0 bridgehead atoms. The van der Waals surface area contributed by atoms with Crippen LogP contribution in [0.15, 0.2) is 11.6 Å². The Balaban J connectivity index is 0.940. The molecule has 17 nitrogen and oxygen atoms in total.